The van der Waals surface area contributed by atoms with Crippen LogP contribution >= 0.6 is 0 Å². The van der Waals surface area contributed by atoms with Gasteiger partial charge in [-0.15, -0.1) is 0 Å². The number of pyridine rings is 1. The molecule has 1 aliphatic carbocycles. The molecule has 5 rings (SSSR count). The molecule has 168 valence electrons. The van der Waals surface area contributed by atoms with E-state index in [1.54, 1.807) is 0 Å². The van der Waals surface area contributed by atoms with E-state index in [1.807, 2.05) is 47.5 Å². The van der Waals surface area contributed by atoms with Crippen LogP contribution < -0.4 is 0 Å². The van der Waals surface area contributed by atoms with Gasteiger partial charge in [-0.25, -0.2) is 9.97 Å². The number of hydrogen-bond acceptors (Lipinski definition) is 4. The van der Waals surface area contributed by atoms with Crippen molar-refractivity contribution in [2.45, 2.75) is 58.0 Å². The first-order valence-corrected chi connectivity index (χ1v) is 12.2. The van der Waals surface area contributed by atoms with Crippen LogP contribution in [0.2, 0.25) is 0 Å². The third kappa shape index (κ3) is 4.16. The van der Waals surface area contributed by atoms with E-state index < -0.39 is 0 Å². The Labute approximate surface area is 190 Å². The Bertz CT molecular complexity index is 1080. The fourth-order valence-electron chi connectivity index (χ4n) is 5.32. The number of carbonyl (C=O) groups is 1. The largest absolute Gasteiger partial charge is 0.336 e. The third-order valence-electron chi connectivity index (χ3n) is 7.01. The van der Waals surface area contributed by atoms with Gasteiger partial charge in [0, 0.05) is 56.1 Å². The maximum Gasteiger partial charge on any atom is 0.253 e. The van der Waals surface area contributed by atoms with E-state index in [9.17, 15) is 4.79 Å². The van der Waals surface area contributed by atoms with Gasteiger partial charge in [0.15, 0.2) is 5.65 Å². The van der Waals surface area contributed by atoms with E-state index in [-0.39, 0.29) is 5.91 Å². The molecule has 1 saturated carbocycles. The minimum atomic E-state index is 0.131. The molecule has 32 heavy (non-hydrogen) atoms. The molecule has 0 N–H and O–H groups in total. The molecule has 3 heterocycles. The van der Waals surface area contributed by atoms with Crippen LogP contribution in [0.1, 0.15) is 55.8 Å². The van der Waals surface area contributed by atoms with Crippen molar-refractivity contribution >= 4 is 17.1 Å². The number of benzene rings is 1. The number of rotatable bonds is 5. The molecule has 1 aliphatic heterocycles. The van der Waals surface area contributed by atoms with Gasteiger partial charge in [-0.2, -0.15) is 0 Å². The van der Waals surface area contributed by atoms with E-state index in [2.05, 4.69) is 21.4 Å². The van der Waals surface area contributed by atoms with Crippen molar-refractivity contribution in [1.29, 1.82) is 0 Å². The van der Waals surface area contributed by atoms with Gasteiger partial charge in [0.05, 0.1) is 0 Å². The maximum atomic E-state index is 13.3. The Hall–Kier alpha value is -2.73. The number of piperazine rings is 1. The third-order valence-corrected chi connectivity index (χ3v) is 7.01. The maximum absolute atomic E-state index is 13.3. The minimum absolute atomic E-state index is 0.131. The van der Waals surface area contributed by atoms with Gasteiger partial charge >= 0.3 is 0 Å². The van der Waals surface area contributed by atoms with Crippen molar-refractivity contribution in [2.24, 2.45) is 0 Å². The van der Waals surface area contributed by atoms with Crippen molar-refractivity contribution in [1.82, 2.24) is 24.3 Å². The van der Waals surface area contributed by atoms with Crippen molar-refractivity contribution < 1.29 is 4.79 Å². The smallest absolute Gasteiger partial charge is 0.253 e. The number of fused-ring (bicyclic) bond motifs is 1. The van der Waals surface area contributed by atoms with Gasteiger partial charge in [0.2, 0.25) is 0 Å². The highest BCUT2D eigenvalue weighted by Crippen LogP contribution is 2.26. The van der Waals surface area contributed by atoms with Crippen LogP contribution in [0.3, 0.4) is 0 Å². The molecule has 1 amide bonds. The molecule has 0 unspecified atom stereocenters. The summed E-state index contributed by atoms with van der Waals surface area (Å²) < 4.78 is 2.17. The Morgan fingerprint density at radius 3 is 2.62 bits per heavy atom. The zero-order chi connectivity index (χ0) is 21.9. The average molecular weight is 432 g/mol. The monoisotopic (exact) mass is 431 g/mol. The predicted molar refractivity (Wildman–Crippen MR) is 128 cm³/mol. The molecule has 1 saturated heterocycles. The lowest BCUT2D eigenvalue weighted by atomic mass is 9.94. The molecule has 3 aromatic rings. The van der Waals surface area contributed by atoms with Gasteiger partial charge in [-0.05, 0) is 43.5 Å². The summed E-state index contributed by atoms with van der Waals surface area (Å²) in [5.41, 5.74) is 3.52. The predicted octanol–water partition coefficient (Wildman–Crippen LogP) is 4.60. The van der Waals surface area contributed by atoms with Crippen LogP contribution in [0, 0.1) is 0 Å². The van der Waals surface area contributed by atoms with Crippen LogP contribution in [0.5, 0.6) is 0 Å². The van der Waals surface area contributed by atoms with E-state index >= 15 is 0 Å². The first-order valence-electron chi connectivity index (χ1n) is 12.2. The topological polar surface area (TPSA) is 54.3 Å². The highest BCUT2D eigenvalue weighted by Gasteiger charge is 2.27. The van der Waals surface area contributed by atoms with Gasteiger partial charge in [0.1, 0.15) is 11.3 Å². The first-order chi connectivity index (χ1) is 15.7. The summed E-state index contributed by atoms with van der Waals surface area (Å²) >= 11 is 0. The fraction of sp³-hybridized carbons (Fsp3) is 0.500. The molecular weight excluding hydrogens is 398 g/mol. The number of amides is 1. The number of nitrogens with zero attached hydrogens (tertiary/aromatic N) is 5. The minimum Gasteiger partial charge on any atom is -0.336 e. The van der Waals surface area contributed by atoms with Gasteiger partial charge in [-0.3, -0.25) is 9.69 Å². The zero-order valence-corrected chi connectivity index (χ0v) is 19.0. The van der Waals surface area contributed by atoms with Crippen LogP contribution in [-0.4, -0.2) is 62.5 Å². The Balaban J connectivity index is 1.34. The average Bonchev–Trinajstić information content (AvgIpc) is 3.23. The van der Waals surface area contributed by atoms with Crippen LogP contribution in [-0.2, 0) is 6.54 Å². The summed E-state index contributed by atoms with van der Waals surface area (Å²) in [6.07, 6.45) is 9.55. The SMILES string of the molecule is CCCn1c(-c2cccc(C(=O)N3CCN(C4CCCCC4)CC3)c2)nc2cccnc21. The lowest BCUT2D eigenvalue weighted by Crippen LogP contribution is -2.52. The molecule has 2 fully saturated rings. The van der Waals surface area contributed by atoms with Gasteiger partial charge in [0.25, 0.3) is 5.91 Å². The van der Waals surface area contributed by atoms with Crippen molar-refractivity contribution in [3.05, 3.63) is 48.2 Å². The quantitative estimate of drug-likeness (QED) is 0.593. The molecule has 2 aromatic heterocycles. The summed E-state index contributed by atoms with van der Waals surface area (Å²) in [5, 5.41) is 0. The Morgan fingerprint density at radius 2 is 1.84 bits per heavy atom. The summed E-state index contributed by atoms with van der Waals surface area (Å²) in [6, 6.07) is 12.6. The standard InChI is InChI=1S/C26H33N5O/c1-2-14-31-24(28-23-12-7-13-27-25(23)31)20-8-6-9-21(19-20)26(32)30-17-15-29(16-18-30)22-10-4-3-5-11-22/h6-9,12-13,19,22H,2-5,10-11,14-18H2,1H3. The molecule has 0 radical (unpaired) electrons. The summed E-state index contributed by atoms with van der Waals surface area (Å²) in [5.74, 6) is 1.02. The molecule has 2 aliphatic rings. The summed E-state index contributed by atoms with van der Waals surface area (Å²) in [4.78, 5) is 27.3. The second-order valence-electron chi connectivity index (χ2n) is 9.13. The molecule has 6 nitrogen and oxygen atoms in total. The Morgan fingerprint density at radius 1 is 1.03 bits per heavy atom. The van der Waals surface area contributed by atoms with E-state index in [0.29, 0.717) is 0 Å². The Kier molecular flexibility index (Phi) is 6.21. The lowest BCUT2D eigenvalue weighted by Gasteiger charge is -2.40. The van der Waals surface area contributed by atoms with Crippen LogP contribution in [0.15, 0.2) is 42.6 Å². The zero-order valence-electron chi connectivity index (χ0n) is 19.0. The highest BCUT2D eigenvalue weighted by molar-refractivity contribution is 5.95. The van der Waals surface area contributed by atoms with Gasteiger partial charge in [-0.1, -0.05) is 38.3 Å². The van der Waals surface area contributed by atoms with Crippen LogP contribution in [0.4, 0.5) is 0 Å². The number of aromatic nitrogens is 3. The second kappa shape index (κ2) is 9.41. The van der Waals surface area contributed by atoms with Gasteiger partial charge < -0.3 is 9.47 Å². The van der Waals surface area contributed by atoms with E-state index in [4.69, 9.17) is 4.98 Å². The lowest BCUT2D eigenvalue weighted by molar-refractivity contribution is 0.0523. The summed E-state index contributed by atoms with van der Waals surface area (Å²) in [7, 11) is 0. The molecular formula is C26H33N5O. The van der Waals surface area contributed by atoms with Crippen molar-refractivity contribution in [2.75, 3.05) is 26.2 Å². The van der Waals surface area contributed by atoms with Crippen molar-refractivity contribution in [3.63, 3.8) is 0 Å². The fourth-order valence-corrected chi connectivity index (χ4v) is 5.32. The van der Waals surface area contributed by atoms with Crippen molar-refractivity contribution in [3.8, 4) is 11.4 Å². The summed E-state index contributed by atoms with van der Waals surface area (Å²) in [6.45, 7) is 6.63. The molecule has 0 atom stereocenters. The first kappa shape index (κ1) is 21.1. The van der Waals surface area contributed by atoms with E-state index in [0.717, 1.165) is 73.3 Å². The number of carbonyl (C=O) groups excluding carboxylic acids is 1. The highest BCUT2D eigenvalue weighted by atomic mass is 16.2. The van der Waals surface area contributed by atoms with E-state index in [1.165, 1.54) is 32.1 Å². The molecule has 1 aromatic carbocycles. The van der Waals surface area contributed by atoms with Crippen LogP contribution in [0.25, 0.3) is 22.6 Å². The second-order valence-corrected chi connectivity index (χ2v) is 9.13. The molecule has 0 spiro atoms. The normalized spacial score (nSPS) is 18.3. The molecule has 0 bridgehead atoms. The number of aryl methyl sites for hydroxylation is 1. The number of hydrogen-bond donors (Lipinski definition) is 0. The number of imidazole rings is 1. The molecule has 6 heteroatoms.